The van der Waals surface area contributed by atoms with Crippen LogP contribution in [0.2, 0.25) is 0 Å². The molecule has 0 aromatic heterocycles. The summed E-state index contributed by atoms with van der Waals surface area (Å²) >= 11 is 0. The van der Waals surface area contributed by atoms with E-state index >= 15 is 0 Å². The highest BCUT2D eigenvalue weighted by molar-refractivity contribution is 5.82. The maximum atomic E-state index is 12.6. The lowest BCUT2D eigenvalue weighted by atomic mass is 9.78. The molecule has 0 heterocycles. The number of methoxy groups -OCH3 is 1. The number of benzene rings is 1. The Morgan fingerprint density at radius 1 is 1.25 bits per heavy atom. The number of fused-ring (bicyclic) bond motifs is 3. The largest absolute Gasteiger partial charge is 0.468 e. The van der Waals surface area contributed by atoms with Gasteiger partial charge in [-0.25, -0.2) is 0 Å². The minimum atomic E-state index is -0.484. The van der Waals surface area contributed by atoms with Gasteiger partial charge in [0.2, 0.25) is 0 Å². The summed E-state index contributed by atoms with van der Waals surface area (Å²) in [6, 6.07) is 8.63. The van der Waals surface area contributed by atoms with Gasteiger partial charge in [0.15, 0.2) is 0 Å². The Balaban J connectivity index is 2.04. The lowest BCUT2D eigenvalue weighted by Crippen LogP contribution is -2.59. The zero-order valence-electron chi connectivity index (χ0n) is 12.3. The van der Waals surface area contributed by atoms with Crippen molar-refractivity contribution >= 4 is 5.97 Å². The summed E-state index contributed by atoms with van der Waals surface area (Å²) in [6.45, 7) is 2.88. The molecule has 0 saturated heterocycles. The van der Waals surface area contributed by atoms with Crippen LogP contribution in [0.25, 0.3) is 0 Å². The summed E-state index contributed by atoms with van der Waals surface area (Å²) in [5, 5.41) is 3.51. The van der Waals surface area contributed by atoms with Gasteiger partial charge in [0.05, 0.1) is 7.11 Å². The van der Waals surface area contributed by atoms with Crippen molar-refractivity contribution in [3.63, 3.8) is 0 Å². The molecule has 0 aliphatic heterocycles. The highest BCUT2D eigenvalue weighted by Crippen LogP contribution is 2.47. The van der Waals surface area contributed by atoms with Crippen LogP contribution in [0.5, 0.6) is 0 Å². The highest BCUT2D eigenvalue weighted by atomic mass is 16.5. The zero-order valence-corrected chi connectivity index (χ0v) is 12.3. The summed E-state index contributed by atoms with van der Waals surface area (Å²) in [5.41, 5.74) is 2.33. The topological polar surface area (TPSA) is 38.3 Å². The van der Waals surface area contributed by atoms with Crippen molar-refractivity contribution in [3.05, 3.63) is 35.4 Å². The molecule has 2 aliphatic rings. The lowest BCUT2D eigenvalue weighted by molar-refractivity contribution is -0.152. The van der Waals surface area contributed by atoms with Crippen LogP contribution in [0.1, 0.15) is 30.9 Å². The van der Waals surface area contributed by atoms with E-state index in [4.69, 9.17) is 4.74 Å². The Hall–Kier alpha value is -1.35. The Kier molecular flexibility index (Phi) is 3.55. The van der Waals surface area contributed by atoms with Crippen LogP contribution in [0, 0.1) is 11.8 Å². The third-order valence-electron chi connectivity index (χ3n) is 5.19. The van der Waals surface area contributed by atoms with E-state index in [1.54, 1.807) is 0 Å². The quantitative estimate of drug-likeness (QED) is 0.859. The van der Waals surface area contributed by atoms with E-state index in [-0.39, 0.29) is 5.97 Å². The van der Waals surface area contributed by atoms with Crippen LogP contribution in [-0.4, -0.2) is 25.2 Å². The summed E-state index contributed by atoms with van der Waals surface area (Å²) in [7, 11) is 1.51. The molecular formula is C17H23NO2. The number of nitrogens with one attached hydrogen (secondary N) is 1. The second kappa shape index (κ2) is 5.21. The predicted octanol–water partition coefficient (Wildman–Crippen LogP) is 2.33. The van der Waals surface area contributed by atoms with Crippen LogP contribution in [0.3, 0.4) is 0 Å². The molecule has 2 atom stereocenters. The van der Waals surface area contributed by atoms with E-state index < -0.39 is 5.54 Å². The van der Waals surface area contributed by atoms with Crippen molar-refractivity contribution in [2.45, 2.75) is 38.1 Å². The molecule has 1 fully saturated rings. The molecular weight excluding hydrogens is 250 g/mol. The van der Waals surface area contributed by atoms with Crippen LogP contribution in [0.15, 0.2) is 24.3 Å². The summed E-state index contributed by atoms with van der Waals surface area (Å²) in [6.07, 6.45) is 4.19. The molecule has 2 bridgehead atoms. The summed E-state index contributed by atoms with van der Waals surface area (Å²) in [4.78, 5) is 12.6. The van der Waals surface area contributed by atoms with E-state index in [0.29, 0.717) is 11.8 Å². The molecule has 1 saturated carbocycles. The van der Waals surface area contributed by atoms with Gasteiger partial charge in [-0.1, -0.05) is 31.2 Å². The molecule has 1 aromatic carbocycles. The lowest BCUT2D eigenvalue weighted by Gasteiger charge is -2.37. The molecule has 3 rings (SSSR count). The van der Waals surface area contributed by atoms with Crippen LogP contribution < -0.4 is 5.32 Å². The highest BCUT2D eigenvalue weighted by Gasteiger charge is 2.56. The van der Waals surface area contributed by atoms with E-state index in [9.17, 15) is 4.79 Å². The Bertz CT molecular complexity index is 478. The second-order valence-electron chi connectivity index (χ2n) is 6.04. The molecule has 3 heteroatoms. The fraction of sp³-hybridized carbons (Fsp3) is 0.588. The predicted molar refractivity (Wildman–Crippen MR) is 78.5 cm³/mol. The number of hydrogen-bond acceptors (Lipinski definition) is 3. The van der Waals surface area contributed by atoms with Gasteiger partial charge in [-0.05, 0) is 55.2 Å². The van der Waals surface area contributed by atoms with Crippen molar-refractivity contribution in [1.29, 1.82) is 0 Å². The van der Waals surface area contributed by atoms with E-state index in [2.05, 4.69) is 36.5 Å². The van der Waals surface area contributed by atoms with Gasteiger partial charge in [0.1, 0.15) is 5.54 Å². The molecule has 0 amide bonds. The third kappa shape index (κ3) is 1.87. The SMILES string of the molecule is CCNC1(C(=O)OC)C2CCC1Cc1ccccc1C2. The Morgan fingerprint density at radius 3 is 2.25 bits per heavy atom. The number of carbonyl (C=O) groups is 1. The summed E-state index contributed by atoms with van der Waals surface area (Å²) in [5.74, 6) is 0.631. The van der Waals surface area contributed by atoms with Gasteiger partial charge in [-0.15, -0.1) is 0 Å². The van der Waals surface area contributed by atoms with Crippen molar-refractivity contribution < 1.29 is 9.53 Å². The Morgan fingerprint density at radius 2 is 1.80 bits per heavy atom. The minimum absolute atomic E-state index is 0.0698. The molecule has 1 N–H and O–H groups in total. The van der Waals surface area contributed by atoms with E-state index in [1.165, 1.54) is 18.2 Å². The number of ether oxygens (including phenoxy) is 1. The van der Waals surface area contributed by atoms with Gasteiger partial charge in [0, 0.05) is 0 Å². The zero-order chi connectivity index (χ0) is 14.2. The van der Waals surface area contributed by atoms with Gasteiger partial charge in [0.25, 0.3) is 0 Å². The average Bonchev–Trinajstić information content (AvgIpc) is 2.71. The third-order valence-corrected chi connectivity index (χ3v) is 5.19. The summed E-state index contributed by atoms with van der Waals surface area (Å²) < 4.78 is 5.18. The standard InChI is InChI=1S/C17H23NO2/c1-3-18-17(16(19)20-2)14-8-9-15(17)11-13-7-5-4-6-12(13)10-14/h4-7,14-15,18H,3,8-11H2,1-2H3. The van der Waals surface area contributed by atoms with Gasteiger partial charge >= 0.3 is 5.97 Å². The Labute approximate surface area is 120 Å². The minimum Gasteiger partial charge on any atom is -0.468 e. The average molecular weight is 273 g/mol. The monoisotopic (exact) mass is 273 g/mol. The molecule has 20 heavy (non-hydrogen) atoms. The van der Waals surface area contributed by atoms with Crippen molar-refractivity contribution in [2.75, 3.05) is 13.7 Å². The maximum Gasteiger partial charge on any atom is 0.326 e. The van der Waals surface area contributed by atoms with Crippen LogP contribution in [0.4, 0.5) is 0 Å². The van der Waals surface area contributed by atoms with Crippen LogP contribution >= 0.6 is 0 Å². The number of hydrogen-bond donors (Lipinski definition) is 1. The van der Waals surface area contributed by atoms with Crippen molar-refractivity contribution in [2.24, 2.45) is 11.8 Å². The smallest absolute Gasteiger partial charge is 0.326 e. The number of carbonyl (C=O) groups excluding carboxylic acids is 1. The van der Waals surface area contributed by atoms with Crippen molar-refractivity contribution in [3.8, 4) is 0 Å². The molecule has 1 aromatic rings. The molecule has 0 spiro atoms. The fourth-order valence-corrected chi connectivity index (χ4v) is 4.36. The molecule has 3 nitrogen and oxygen atoms in total. The normalized spacial score (nSPS) is 31.5. The first kappa shape index (κ1) is 13.6. The molecule has 108 valence electrons. The van der Waals surface area contributed by atoms with Crippen molar-refractivity contribution in [1.82, 2.24) is 5.32 Å². The van der Waals surface area contributed by atoms with Gasteiger partial charge in [-0.2, -0.15) is 0 Å². The second-order valence-corrected chi connectivity index (χ2v) is 6.04. The van der Waals surface area contributed by atoms with Gasteiger partial charge < -0.3 is 10.1 Å². The fourth-order valence-electron chi connectivity index (χ4n) is 4.36. The molecule has 2 unspecified atom stereocenters. The number of likely N-dealkylation sites (N-methyl/N-ethyl adjacent to an activating group) is 1. The number of rotatable bonds is 3. The molecule has 2 aliphatic carbocycles. The molecule has 0 radical (unpaired) electrons. The van der Waals surface area contributed by atoms with E-state index in [1.807, 2.05) is 0 Å². The first-order valence-electron chi connectivity index (χ1n) is 7.62. The maximum absolute atomic E-state index is 12.6. The first-order chi connectivity index (χ1) is 9.72. The first-order valence-corrected chi connectivity index (χ1v) is 7.62. The van der Waals surface area contributed by atoms with Crippen LogP contribution in [-0.2, 0) is 22.4 Å². The number of esters is 1. The van der Waals surface area contributed by atoms with E-state index in [0.717, 1.165) is 32.2 Å². The van der Waals surface area contributed by atoms with Gasteiger partial charge in [-0.3, -0.25) is 4.79 Å².